The maximum absolute atomic E-state index is 12.4. The molecule has 2 amide bonds. The van der Waals surface area contributed by atoms with Crippen LogP contribution in [0.25, 0.3) is 21.7 Å². The molecule has 0 saturated carbocycles. The highest BCUT2D eigenvalue weighted by Crippen LogP contribution is 2.28. The lowest BCUT2D eigenvalue weighted by atomic mass is 10.1. The molecule has 0 bridgehead atoms. The van der Waals surface area contributed by atoms with E-state index in [1.54, 1.807) is 30.3 Å². The third-order valence-corrected chi connectivity index (χ3v) is 4.29. The van der Waals surface area contributed by atoms with Gasteiger partial charge in [-0.2, -0.15) is 5.10 Å². The third-order valence-electron chi connectivity index (χ3n) is 4.29. The second-order valence-electron chi connectivity index (χ2n) is 6.33. The third kappa shape index (κ3) is 4.08. The molecule has 3 aromatic carbocycles. The fourth-order valence-corrected chi connectivity index (χ4v) is 2.93. The van der Waals surface area contributed by atoms with E-state index in [0.717, 1.165) is 21.7 Å². The summed E-state index contributed by atoms with van der Waals surface area (Å²) in [6, 6.07) is 20.3. The second kappa shape index (κ2) is 7.85. The van der Waals surface area contributed by atoms with Crippen LogP contribution in [0.15, 0.2) is 76.2 Å². The van der Waals surface area contributed by atoms with Crippen molar-refractivity contribution in [2.24, 2.45) is 10.8 Å². The first-order valence-electron chi connectivity index (χ1n) is 8.86. The highest BCUT2D eigenvalue weighted by atomic mass is 16.5. The molecule has 0 radical (unpaired) electrons. The number of carbonyl (C=O) groups is 2. The van der Waals surface area contributed by atoms with Crippen LogP contribution >= 0.6 is 0 Å². The Morgan fingerprint density at radius 3 is 2.62 bits per heavy atom. The van der Waals surface area contributed by atoms with Crippen LogP contribution in [0.3, 0.4) is 0 Å². The van der Waals surface area contributed by atoms with Crippen LogP contribution in [0.4, 0.5) is 0 Å². The zero-order valence-electron chi connectivity index (χ0n) is 15.3. The predicted molar refractivity (Wildman–Crippen MR) is 110 cm³/mol. The SMILES string of the molecule is NC(=O)COc1ccc(/C=N\NC(=O)c2cc3c(ccc4ccccc43)o2)cc1. The zero-order valence-corrected chi connectivity index (χ0v) is 15.3. The quantitative estimate of drug-likeness (QED) is 0.391. The number of nitrogens with zero attached hydrogens (tertiary/aromatic N) is 1. The molecule has 0 aliphatic rings. The average molecular weight is 387 g/mol. The van der Waals surface area contributed by atoms with Crippen molar-refractivity contribution in [3.05, 3.63) is 78.1 Å². The zero-order chi connectivity index (χ0) is 20.2. The van der Waals surface area contributed by atoms with Crippen molar-refractivity contribution >= 4 is 39.8 Å². The van der Waals surface area contributed by atoms with Gasteiger partial charge in [0.15, 0.2) is 12.4 Å². The summed E-state index contributed by atoms with van der Waals surface area (Å²) in [5.41, 5.74) is 8.87. The number of hydrazone groups is 1. The van der Waals surface area contributed by atoms with Gasteiger partial charge in [-0.15, -0.1) is 0 Å². The van der Waals surface area contributed by atoms with E-state index in [1.807, 2.05) is 36.4 Å². The van der Waals surface area contributed by atoms with Crippen LogP contribution < -0.4 is 15.9 Å². The summed E-state index contributed by atoms with van der Waals surface area (Å²) in [5.74, 6) is -0.289. The van der Waals surface area contributed by atoms with E-state index in [1.165, 1.54) is 6.21 Å². The molecule has 0 fully saturated rings. The van der Waals surface area contributed by atoms with Gasteiger partial charge in [-0.25, -0.2) is 5.43 Å². The lowest BCUT2D eigenvalue weighted by Crippen LogP contribution is -2.20. The maximum Gasteiger partial charge on any atom is 0.307 e. The molecule has 4 rings (SSSR count). The number of ether oxygens (including phenoxy) is 1. The predicted octanol–water partition coefficient (Wildman–Crippen LogP) is 3.21. The van der Waals surface area contributed by atoms with E-state index in [-0.39, 0.29) is 12.4 Å². The number of benzene rings is 3. The molecule has 0 unspecified atom stereocenters. The van der Waals surface area contributed by atoms with Gasteiger partial charge in [0.2, 0.25) is 0 Å². The highest BCUT2D eigenvalue weighted by molar-refractivity contribution is 6.08. The Hall–Kier alpha value is -4.13. The number of amides is 2. The van der Waals surface area contributed by atoms with E-state index in [2.05, 4.69) is 10.5 Å². The van der Waals surface area contributed by atoms with Crippen molar-refractivity contribution in [1.82, 2.24) is 5.43 Å². The topological polar surface area (TPSA) is 107 Å². The molecule has 0 atom stereocenters. The number of furan rings is 1. The first-order valence-corrected chi connectivity index (χ1v) is 8.86. The largest absolute Gasteiger partial charge is 0.484 e. The maximum atomic E-state index is 12.4. The van der Waals surface area contributed by atoms with Crippen LogP contribution in [0.5, 0.6) is 5.75 Å². The Labute approximate surface area is 165 Å². The number of hydrogen-bond acceptors (Lipinski definition) is 5. The lowest BCUT2D eigenvalue weighted by molar-refractivity contribution is -0.119. The lowest BCUT2D eigenvalue weighted by Gasteiger charge is -2.03. The number of fused-ring (bicyclic) bond motifs is 3. The number of rotatable bonds is 6. The van der Waals surface area contributed by atoms with Crippen LogP contribution in [0.1, 0.15) is 16.1 Å². The summed E-state index contributed by atoms with van der Waals surface area (Å²) in [6.45, 7) is -0.184. The summed E-state index contributed by atoms with van der Waals surface area (Å²) < 4.78 is 10.8. The normalized spacial score (nSPS) is 11.2. The molecule has 144 valence electrons. The minimum Gasteiger partial charge on any atom is -0.484 e. The molecule has 0 spiro atoms. The molecule has 1 heterocycles. The van der Waals surface area contributed by atoms with Gasteiger partial charge in [0, 0.05) is 5.39 Å². The number of primary amides is 1. The summed E-state index contributed by atoms with van der Waals surface area (Å²) >= 11 is 0. The summed E-state index contributed by atoms with van der Waals surface area (Å²) in [7, 11) is 0. The second-order valence-corrected chi connectivity index (χ2v) is 6.33. The Kier molecular flexibility index (Phi) is 4.94. The summed E-state index contributed by atoms with van der Waals surface area (Å²) in [4.78, 5) is 23.1. The van der Waals surface area contributed by atoms with Crippen molar-refractivity contribution in [2.75, 3.05) is 6.61 Å². The smallest absolute Gasteiger partial charge is 0.307 e. The Balaban J connectivity index is 1.44. The van der Waals surface area contributed by atoms with Gasteiger partial charge in [0.05, 0.1) is 6.21 Å². The van der Waals surface area contributed by atoms with Crippen molar-refractivity contribution < 1.29 is 18.7 Å². The van der Waals surface area contributed by atoms with Gasteiger partial charge in [0.1, 0.15) is 11.3 Å². The molecule has 0 aliphatic carbocycles. The Morgan fingerprint density at radius 2 is 1.83 bits per heavy atom. The van der Waals surface area contributed by atoms with Gasteiger partial charge in [0.25, 0.3) is 5.91 Å². The Morgan fingerprint density at radius 1 is 1.03 bits per heavy atom. The van der Waals surface area contributed by atoms with Gasteiger partial charge >= 0.3 is 5.91 Å². The van der Waals surface area contributed by atoms with E-state index in [0.29, 0.717) is 11.3 Å². The molecule has 7 nitrogen and oxygen atoms in total. The highest BCUT2D eigenvalue weighted by Gasteiger charge is 2.13. The van der Waals surface area contributed by atoms with Crippen LogP contribution in [0.2, 0.25) is 0 Å². The van der Waals surface area contributed by atoms with E-state index < -0.39 is 11.8 Å². The molecule has 0 aliphatic heterocycles. The number of nitrogens with two attached hydrogens (primary N) is 1. The van der Waals surface area contributed by atoms with E-state index >= 15 is 0 Å². The fourth-order valence-electron chi connectivity index (χ4n) is 2.93. The summed E-state index contributed by atoms with van der Waals surface area (Å²) in [6.07, 6.45) is 1.49. The van der Waals surface area contributed by atoms with E-state index in [4.69, 9.17) is 14.9 Å². The molecule has 29 heavy (non-hydrogen) atoms. The van der Waals surface area contributed by atoms with Crippen LogP contribution in [-0.2, 0) is 4.79 Å². The molecule has 4 aromatic rings. The molecule has 0 saturated heterocycles. The molecule has 1 aromatic heterocycles. The number of hydrogen-bond donors (Lipinski definition) is 2. The van der Waals surface area contributed by atoms with Crippen molar-refractivity contribution in [1.29, 1.82) is 0 Å². The van der Waals surface area contributed by atoms with Gasteiger partial charge < -0.3 is 14.9 Å². The van der Waals surface area contributed by atoms with Crippen LogP contribution in [0, 0.1) is 0 Å². The average Bonchev–Trinajstić information content (AvgIpc) is 3.18. The number of nitrogens with one attached hydrogen (secondary N) is 1. The minimum absolute atomic E-state index is 0.184. The van der Waals surface area contributed by atoms with Gasteiger partial charge in [-0.3, -0.25) is 9.59 Å². The standard InChI is InChI=1S/C22H17N3O4/c23-21(26)13-28-16-8-5-14(6-9-16)12-24-25-22(27)20-11-18-17-4-2-1-3-15(17)7-10-19(18)29-20/h1-12H,13H2,(H2,23,26)(H,25,27)/b24-12-. The van der Waals surface area contributed by atoms with Gasteiger partial charge in [-0.1, -0.05) is 30.3 Å². The first kappa shape index (κ1) is 18.2. The van der Waals surface area contributed by atoms with Gasteiger partial charge in [-0.05, 0) is 52.7 Å². The fraction of sp³-hybridized carbons (Fsp3) is 0.0455. The summed E-state index contributed by atoms with van der Waals surface area (Å²) in [5, 5.41) is 6.93. The molecule has 3 N–H and O–H groups in total. The molecule has 7 heteroatoms. The van der Waals surface area contributed by atoms with Crippen LogP contribution in [-0.4, -0.2) is 24.6 Å². The molecular weight excluding hydrogens is 370 g/mol. The van der Waals surface area contributed by atoms with Crippen molar-refractivity contribution in [2.45, 2.75) is 0 Å². The Bertz CT molecular complexity index is 1230. The monoisotopic (exact) mass is 387 g/mol. The number of carbonyl (C=O) groups excluding carboxylic acids is 2. The van der Waals surface area contributed by atoms with Crippen molar-refractivity contribution in [3.63, 3.8) is 0 Å². The van der Waals surface area contributed by atoms with Crippen molar-refractivity contribution in [3.8, 4) is 5.75 Å². The first-order chi connectivity index (χ1) is 14.1. The molecular formula is C22H17N3O4. The van der Waals surface area contributed by atoms with E-state index in [9.17, 15) is 9.59 Å². The minimum atomic E-state index is -0.545.